The number of hydrogen-bond acceptors (Lipinski definition) is 5. The van der Waals surface area contributed by atoms with E-state index in [0.29, 0.717) is 12.2 Å². The highest BCUT2D eigenvalue weighted by atomic mass is 32.1. The van der Waals surface area contributed by atoms with E-state index in [0.717, 1.165) is 16.4 Å². The molecule has 5 nitrogen and oxygen atoms in total. The summed E-state index contributed by atoms with van der Waals surface area (Å²) >= 11 is 1.66. The van der Waals surface area contributed by atoms with Gasteiger partial charge in [0.1, 0.15) is 5.01 Å². The summed E-state index contributed by atoms with van der Waals surface area (Å²) in [5.74, 6) is -0.975. The summed E-state index contributed by atoms with van der Waals surface area (Å²) in [6, 6.07) is 4.77. The van der Waals surface area contributed by atoms with E-state index in [1.165, 1.54) is 10.9 Å². The molecule has 3 N–H and O–H groups in total. The maximum absolute atomic E-state index is 10.9. The molecule has 0 saturated carbocycles. The van der Waals surface area contributed by atoms with Crippen LogP contribution in [0.1, 0.15) is 25.9 Å². The number of carbonyl (C=O) groups is 1. The molecular weight excluding hydrogens is 274 g/mol. The minimum absolute atomic E-state index is 0.195. The number of hydrogen-bond donors (Lipinski definition) is 2. The van der Waals surface area contributed by atoms with Gasteiger partial charge in [0.15, 0.2) is 0 Å². The molecule has 2 aromatic rings. The van der Waals surface area contributed by atoms with Gasteiger partial charge in [0.25, 0.3) is 0 Å². The van der Waals surface area contributed by atoms with Gasteiger partial charge in [-0.2, -0.15) is 0 Å². The van der Waals surface area contributed by atoms with Gasteiger partial charge in [-0.15, -0.1) is 11.3 Å². The number of aromatic carboxylic acids is 1. The minimum Gasteiger partial charge on any atom is -0.478 e. The summed E-state index contributed by atoms with van der Waals surface area (Å²) in [4.78, 5) is 18.6. The third kappa shape index (κ3) is 2.91. The lowest BCUT2D eigenvalue weighted by Crippen LogP contribution is -2.18. The van der Waals surface area contributed by atoms with Crippen molar-refractivity contribution in [2.24, 2.45) is 0 Å². The van der Waals surface area contributed by atoms with Crippen molar-refractivity contribution in [3.63, 3.8) is 0 Å². The quantitative estimate of drug-likeness (QED) is 0.847. The number of aromatic nitrogens is 1. The third-order valence-electron chi connectivity index (χ3n) is 3.13. The molecular formula is C14H17N3O2S. The smallest absolute Gasteiger partial charge is 0.335 e. The van der Waals surface area contributed by atoms with E-state index >= 15 is 0 Å². The molecule has 0 unspecified atom stereocenters. The zero-order valence-electron chi connectivity index (χ0n) is 11.7. The lowest BCUT2D eigenvalue weighted by Gasteiger charge is -2.20. The van der Waals surface area contributed by atoms with Crippen LogP contribution < -0.4 is 10.6 Å². The number of nitrogen functional groups attached to an aromatic ring is 1. The molecule has 0 atom stereocenters. The molecule has 0 saturated heterocycles. The third-order valence-corrected chi connectivity index (χ3v) is 4.19. The van der Waals surface area contributed by atoms with Gasteiger partial charge in [0.05, 0.1) is 29.2 Å². The summed E-state index contributed by atoms with van der Waals surface area (Å²) in [5, 5.41) is 9.95. The number of nitrogens with two attached hydrogens (primary N) is 1. The fraction of sp³-hybridized carbons (Fsp3) is 0.286. The Hall–Kier alpha value is -2.08. The second kappa shape index (κ2) is 5.50. The molecule has 0 radical (unpaired) electrons. The molecule has 0 aliphatic heterocycles. The predicted molar refractivity (Wildman–Crippen MR) is 81.5 cm³/mol. The van der Waals surface area contributed by atoms with E-state index in [1.54, 1.807) is 23.5 Å². The molecule has 106 valence electrons. The molecule has 1 heterocycles. The van der Waals surface area contributed by atoms with Gasteiger partial charge in [0.2, 0.25) is 0 Å². The van der Waals surface area contributed by atoms with Crippen LogP contribution in [0.4, 0.5) is 11.4 Å². The predicted octanol–water partition coefficient (Wildman–Crippen LogP) is 2.68. The molecule has 0 spiro atoms. The summed E-state index contributed by atoms with van der Waals surface area (Å²) in [5.41, 5.74) is 8.43. The maximum Gasteiger partial charge on any atom is 0.335 e. The lowest BCUT2D eigenvalue weighted by molar-refractivity contribution is 0.0697. The number of anilines is 2. The molecule has 0 fully saturated rings. The van der Waals surface area contributed by atoms with Crippen LogP contribution in [0, 0.1) is 13.8 Å². The largest absolute Gasteiger partial charge is 0.478 e. The Morgan fingerprint density at radius 3 is 2.65 bits per heavy atom. The highest BCUT2D eigenvalue weighted by Crippen LogP contribution is 2.26. The first-order valence-corrected chi connectivity index (χ1v) is 6.97. The van der Waals surface area contributed by atoms with Crippen molar-refractivity contribution in [1.82, 2.24) is 4.98 Å². The van der Waals surface area contributed by atoms with Crippen molar-refractivity contribution >= 4 is 28.7 Å². The molecule has 0 bridgehead atoms. The van der Waals surface area contributed by atoms with Crippen molar-refractivity contribution in [1.29, 1.82) is 0 Å². The molecule has 0 aliphatic rings. The van der Waals surface area contributed by atoms with Crippen LogP contribution in [0.15, 0.2) is 18.2 Å². The Morgan fingerprint density at radius 1 is 1.45 bits per heavy atom. The Balaban J connectivity index is 2.20. The Labute approximate surface area is 121 Å². The van der Waals surface area contributed by atoms with Gasteiger partial charge in [-0.05, 0) is 32.0 Å². The Kier molecular flexibility index (Phi) is 3.94. The Bertz CT molecular complexity index is 632. The van der Waals surface area contributed by atoms with E-state index in [9.17, 15) is 4.79 Å². The monoisotopic (exact) mass is 291 g/mol. The molecule has 1 aromatic heterocycles. The lowest BCUT2D eigenvalue weighted by atomic mass is 10.1. The molecule has 1 aromatic carbocycles. The average Bonchev–Trinajstić information content (AvgIpc) is 2.67. The van der Waals surface area contributed by atoms with Crippen molar-refractivity contribution in [2.75, 3.05) is 17.7 Å². The fourth-order valence-electron chi connectivity index (χ4n) is 1.93. The van der Waals surface area contributed by atoms with Crippen LogP contribution in [0.25, 0.3) is 0 Å². The first-order valence-electron chi connectivity index (χ1n) is 6.15. The second-order valence-electron chi connectivity index (χ2n) is 4.68. The molecule has 2 rings (SSSR count). The van der Waals surface area contributed by atoms with Crippen LogP contribution in [-0.2, 0) is 6.54 Å². The van der Waals surface area contributed by atoms with Crippen molar-refractivity contribution in [3.05, 3.63) is 39.3 Å². The summed E-state index contributed by atoms with van der Waals surface area (Å²) in [7, 11) is 1.91. The number of benzene rings is 1. The topological polar surface area (TPSA) is 79.5 Å². The number of thiazole rings is 1. The number of aryl methyl sites for hydroxylation is 2. The number of carboxylic acids is 1. The first-order chi connectivity index (χ1) is 9.38. The molecule has 20 heavy (non-hydrogen) atoms. The average molecular weight is 291 g/mol. The van der Waals surface area contributed by atoms with Crippen LogP contribution in [0.3, 0.4) is 0 Å². The van der Waals surface area contributed by atoms with E-state index in [1.807, 2.05) is 25.8 Å². The maximum atomic E-state index is 10.9. The SMILES string of the molecule is Cc1nc(CN(C)c2ccc(C(=O)O)cc2N)sc1C. The van der Waals surface area contributed by atoms with E-state index in [-0.39, 0.29) is 5.56 Å². The highest BCUT2D eigenvalue weighted by molar-refractivity contribution is 7.11. The van der Waals surface area contributed by atoms with Gasteiger partial charge in [-0.25, -0.2) is 9.78 Å². The van der Waals surface area contributed by atoms with Gasteiger partial charge in [-0.1, -0.05) is 0 Å². The van der Waals surface area contributed by atoms with E-state index in [4.69, 9.17) is 10.8 Å². The van der Waals surface area contributed by atoms with Gasteiger partial charge >= 0.3 is 5.97 Å². The van der Waals surface area contributed by atoms with Crippen LogP contribution in [0.2, 0.25) is 0 Å². The minimum atomic E-state index is -0.975. The first kappa shape index (κ1) is 14.3. The molecule has 0 amide bonds. The van der Waals surface area contributed by atoms with Gasteiger partial charge < -0.3 is 15.7 Å². The summed E-state index contributed by atoms with van der Waals surface area (Å²) < 4.78 is 0. The fourth-order valence-corrected chi connectivity index (χ4v) is 2.92. The van der Waals surface area contributed by atoms with Crippen molar-refractivity contribution in [3.8, 4) is 0 Å². The van der Waals surface area contributed by atoms with Crippen molar-refractivity contribution < 1.29 is 9.90 Å². The van der Waals surface area contributed by atoms with Crippen LogP contribution >= 0.6 is 11.3 Å². The number of nitrogens with zero attached hydrogens (tertiary/aromatic N) is 2. The summed E-state index contributed by atoms with van der Waals surface area (Å²) in [6.45, 7) is 4.69. The standard InChI is InChI=1S/C14H17N3O2S/c1-8-9(2)20-13(16-8)7-17(3)12-5-4-10(14(18)19)6-11(12)15/h4-6H,7,15H2,1-3H3,(H,18,19). The van der Waals surface area contributed by atoms with Crippen LogP contribution in [-0.4, -0.2) is 23.1 Å². The van der Waals surface area contributed by atoms with Crippen LogP contribution in [0.5, 0.6) is 0 Å². The van der Waals surface area contributed by atoms with Crippen molar-refractivity contribution in [2.45, 2.75) is 20.4 Å². The van der Waals surface area contributed by atoms with E-state index in [2.05, 4.69) is 4.98 Å². The number of carboxylic acid groups (broad SMARTS) is 1. The summed E-state index contributed by atoms with van der Waals surface area (Å²) in [6.07, 6.45) is 0. The van der Waals surface area contributed by atoms with Gasteiger partial charge in [0, 0.05) is 11.9 Å². The van der Waals surface area contributed by atoms with E-state index < -0.39 is 5.97 Å². The zero-order chi connectivity index (χ0) is 14.9. The Morgan fingerprint density at radius 2 is 2.15 bits per heavy atom. The highest BCUT2D eigenvalue weighted by Gasteiger charge is 2.12. The molecule has 0 aliphatic carbocycles. The zero-order valence-corrected chi connectivity index (χ0v) is 12.5. The second-order valence-corrected chi connectivity index (χ2v) is 5.97. The normalized spacial score (nSPS) is 10.6. The molecule has 6 heteroatoms. The van der Waals surface area contributed by atoms with Gasteiger partial charge in [-0.3, -0.25) is 0 Å². The number of rotatable bonds is 4.